The number of aliphatic hydroxyl groups excluding tert-OH is 1. The van der Waals surface area contributed by atoms with Crippen LogP contribution in [0.3, 0.4) is 0 Å². The van der Waals surface area contributed by atoms with Crippen LogP contribution in [0.4, 0.5) is 5.69 Å². The average molecular weight is 272 g/mol. The standard InChI is InChI=1S/C12H15ClN2O3/c13-12-4-3-10(15(17)18)6-9(12)7-14-5-1-2-11(16)8-14/h3-4,6,11,16H,1-2,5,7-8H2/p+1/t11-/m1/s1. The smallest absolute Gasteiger partial charge is 0.270 e. The molecule has 2 atom stereocenters. The van der Waals surface area contributed by atoms with E-state index in [0.717, 1.165) is 24.9 Å². The molecule has 98 valence electrons. The molecule has 1 aromatic rings. The van der Waals surface area contributed by atoms with Crippen LogP contribution < -0.4 is 4.90 Å². The molecule has 0 aliphatic carbocycles. The molecule has 1 aromatic carbocycles. The number of nitro benzene ring substituents is 1. The lowest BCUT2D eigenvalue weighted by atomic mass is 10.1. The molecule has 1 aliphatic rings. The van der Waals surface area contributed by atoms with Crippen molar-refractivity contribution in [2.24, 2.45) is 0 Å². The number of likely N-dealkylation sites (tertiary alicyclic amines) is 1. The Bertz CT molecular complexity index is 453. The van der Waals surface area contributed by atoms with E-state index in [1.165, 1.54) is 17.0 Å². The van der Waals surface area contributed by atoms with E-state index in [4.69, 9.17) is 11.6 Å². The van der Waals surface area contributed by atoms with Crippen molar-refractivity contribution >= 4 is 17.3 Å². The third kappa shape index (κ3) is 3.19. The number of hydrogen-bond acceptors (Lipinski definition) is 3. The first-order chi connectivity index (χ1) is 8.56. The van der Waals surface area contributed by atoms with Gasteiger partial charge in [0.15, 0.2) is 0 Å². The molecule has 0 saturated carbocycles. The molecule has 2 rings (SSSR count). The van der Waals surface area contributed by atoms with Crippen molar-refractivity contribution in [1.82, 2.24) is 0 Å². The lowest BCUT2D eigenvalue weighted by Gasteiger charge is -2.27. The average Bonchev–Trinajstić information content (AvgIpc) is 2.31. The first-order valence-electron chi connectivity index (χ1n) is 6.00. The number of nitro groups is 1. The molecule has 1 unspecified atom stereocenters. The van der Waals surface area contributed by atoms with Crippen LogP contribution in [-0.2, 0) is 6.54 Å². The Kier molecular flexibility index (Phi) is 4.16. The number of non-ortho nitro benzene ring substituents is 1. The zero-order valence-electron chi connectivity index (χ0n) is 9.93. The highest BCUT2D eigenvalue weighted by molar-refractivity contribution is 6.31. The molecule has 5 nitrogen and oxygen atoms in total. The monoisotopic (exact) mass is 271 g/mol. The maximum atomic E-state index is 10.7. The third-order valence-electron chi connectivity index (χ3n) is 3.27. The molecular formula is C12H16ClN2O3+. The van der Waals surface area contributed by atoms with Gasteiger partial charge in [-0.05, 0) is 18.9 Å². The minimum Gasteiger partial charge on any atom is -0.387 e. The maximum Gasteiger partial charge on any atom is 0.270 e. The van der Waals surface area contributed by atoms with E-state index in [2.05, 4.69) is 0 Å². The Hall–Kier alpha value is -1.17. The predicted octanol–water partition coefficient (Wildman–Crippen LogP) is 0.788. The summed E-state index contributed by atoms with van der Waals surface area (Å²) in [5, 5.41) is 20.9. The summed E-state index contributed by atoms with van der Waals surface area (Å²) >= 11 is 6.06. The van der Waals surface area contributed by atoms with E-state index < -0.39 is 4.92 Å². The molecule has 1 saturated heterocycles. The highest BCUT2D eigenvalue weighted by Gasteiger charge is 2.22. The molecule has 1 heterocycles. The number of piperidine rings is 1. The van der Waals surface area contributed by atoms with Gasteiger partial charge in [-0.2, -0.15) is 0 Å². The Balaban J connectivity index is 2.12. The second kappa shape index (κ2) is 5.65. The van der Waals surface area contributed by atoms with Crippen molar-refractivity contribution in [2.45, 2.75) is 25.5 Å². The molecule has 18 heavy (non-hydrogen) atoms. The Morgan fingerprint density at radius 3 is 3.00 bits per heavy atom. The van der Waals surface area contributed by atoms with Gasteiger partial charge < -0.3 is 10.0 Å². The highest BCUT2D eigenvalue weighted by atomic mass is 35.5. The van der Waals surface area contributed by atoms with Gasteiger partial charge >= 0.3 is 0 Å². The van der Waals surface area contributed by atoms with Gasteiger partial charge in [0.2, 0.25) is 0 Å². The molecule has 2 N–H and O–H groups in total. The van der Waals surface area contributed by atoms with Crippen LogP contribution in [0, 0.1) is 10.1 Å². The summed E-state index contributed by atoms with van der Waals surface area (Å²) in [5.41, 5.74) is 0.835. The normalized spacial score (nSPS) is 23.9. The van der Waals surface area contributed by atoms with Gasteiger partial charge in [0.1, 0.15) is 19.2 Å². The number of aliphatic hydroxyl groups is 1. The Morgan fingerprint density at radius 2 is 2.33 bits per heavy atom. The predicted molar refractivity (Wildman–Crippen MR) is 67.7 cm³/mol. The van der Waals surface area contributed by atoms with E-state index in [-0.39, 0.29) is 11.8 Å². The number of quaternary nitrogens is 1. The van der Waals surface area contributed by atoms with Crippen molar-refractivity contribution in [3.05, 3.63) is 38.9 Å². The molecule has 0 radical (unpaired) electrons. The molecule has 1 aliphatic heterocycles. The van der Waals surface area contributed by atoms with Crippen LogP contribution in [0.15, 0.2) is 18.2 Å². The van der Waals surface area contributed by atoms with E-state index in [0.29, 0.717) is 18.1 Å². The second-order valence-corrected chi connectivity index (χ2v) is 5.12. The van der Waals surface area contributed by atoms with E-state index in [1.807, 2.05) is 0 Å². The molecule has 6 heteroatoms. The van der Waals surface area contributed by atoms with Crippen molar-refractivity contribution in [3.8, 4) is 0 Å². The van der Waals surface area contributed by atoms with E-state index in [1.54, 1.807) is 6.07 Å². The minimum absolute atomic E-state index is 0.0614. The van der Waals surface area contributed by atoms with Crippen LogP contribution in [-0.4, -0.2) is 29.2 Å². The van der Waals surface area contributed by atoms with Crippen molar-refractivity contribution in [2.75, 3.05) is 13.1 Å². The van der Waals surface area contributed by atoms with Gasteiger partial charge in [-0.15, -0.1) is 0 Å². The van der Waals surface area contributed by atoms with E-state index in [9.17, 15) is 15.2 Å². The zero-order valence-corrected chi connectivity index (χ0v) is 10.7. The summed E-state index contributed by atoms with van der Waals surface area (Å²) in [7, 11) is 0. The SMILES string of the molecule is O=[N+]([O-])c1ccc(Cl)c(C[NH+]2CCC[C@@H](O)C2)c1. The quantitative estimate of drug-likeness (QED) is 0.631. The van der Waals surface area contributed by atoms with Crippen LogP contribution in [0.5, 0.6) is 0 Å². The zero-order chi connectivity index (χ0) is 13.1. The number of nitrogens with one attached hydrogen (secondary N) is 1. The fourth-order valence-electron chi connectivity index (χ4n) is 2.37. The third-order valence-corrected chi connectivity index (χ3v) is 3.64. The van der Waals surface area contributed by atoms with Gasteiger partial charge in [0.05, 0.1) is 11.5 Å². The lowest BCUT2D eigenvalue weighted by molar-refractivity contribution is -0.921. The lowest BCUT2D eigenvalue weighted by Crippen LogP contribution is -3.12. The molecule has 1 fully saturated rings. The molecule has 0 amide bonds. The van der Waals surface area contributed by atoms with E-state index >= 15 is 0 Å². The summed E-state index contributed by atoms with van der Waals surface area (Å²) in [4.78, 5) is 11.5. The first-order valence-corrected chi connectivity index (χ1v) is 6.38. The summed E-state index contributed by atoms with van der Waals surface area (Å²) in [5.74, 6) is 0. The molecule has 0 spiro atoms. The Labute approximate surface area is 110 Å². The van der Waals surface area contributed by atoms with Gasteiger partial charge in [0, 0.05) is 22.7 Å². The number of benzene rings is 1. The van der Waals surface area contributed by atoms with Crippen LogP contribution >= 0.6 is 11.6 Å². The summed E-state index contributed by atoms with van der Waals surface area (Å²) < 4.78 is 0. The van der Waals surface area contributed by atoms with Crippen LogP contribution in [0.25, 0.3) is 0 Å². The van der Waals surface area contributed by atoms with Gasteiger partial charge in [-0.25, -0.2) is 0 Å². The molecular weight excluding hydrogens is 256 g/mol. The Morgan fingerprint density at radius 1 is 1.56 bits per heavy atom. The summed E-state index contributed by atoms with van der Waals surface area (Å²) in [6.45, 7) is 2.27. The number of hydrogen-bond donors (Lipinski definition) is 2. The maximum absolute atomic E-state index is 10.7. The number of rotatable bonds is 3. The van der Waals surface area contributed by atoms with Crippen LogP contribution in [0.1, 0.15) is 18.4 Å². The number of halogens is 1. The minimum atomic E-state index is -0.416. The van der Waals surface area contributed by atoms with Gasteiger partial charge in [-0.1, -0.05) is 11.6 Å². The van der Waals surface area contributed by atoms with Crippen molar-refractivity contribution in [3.63, 3.8) is 0 Å². The summed E-state index contributed by atoms with van der Waals surface area (Å²) in [6, 6.07) is 4.50. The fraction of sp³-hybridized carbons (Fsp3) is 0.500. The van der Waals surface area contributed by atoms with Crippen molar-refractivity contribution < 1.29 is 14.9 Å². The largest absolute Gasteiger partial charge is 0.387 e. The molecule has 0 bridgehead atoms. The second-order valence-electron chi connectivity index (χ2n) is 4.71. The van der Waals surface area contributed by atoms with Gasteiger partial charge in [0.25, 0.3) is 5.69 Å². The fourth-order valence-corrected chi connectivity index (χ4v) is 2.55. The topological polar surface area (TPSA) is 67.8 Å². The first kappa shape index (κ1) is 13.3. The van der Waals surface area contributed by atoms with Crippen molar-refractivity contribution in [1.29, 1.82) is 0 Å². The van der Waals surface area contributed by atoms with Crippen LogP contribution in [0.2, 0.25) is 5.02 Å². The van der Waals surface area contributed by atoms with Gasteiger partial charge in [-0.3, -0.25) is 10.1 Å². The summed E-state index contributed by atoms with van der Waals surface area (Å²) in [6.07, 6.45) is 1.54. The highest BCUT2D eigenvalue weighted by Crippen LogP contribution is 2.21. The number of nitrogens with zero attached hydrogens (tertiary/aromatic N) is 1. The molecule has 0 aromatic heterocycles.